The summed E-state index contributed by atoms with van der Waals surface area (Å²) < 4.78 is 0. The monoisotopic (exact) mass is 247 g/mol. The van der Waals surface area contributed by atoms with Crippen molar-refractivity contribution in [3.8, 4) is 0 Å². The Labute approximate surface area is 108 Å². The van der Waals surface area contributed by atoms with Crippen molar-refractivity contribution in [2.75, 3.05) is 18.8 Å². The molecule has 1 aromatic heterocycles. The third kappa shape index (κ3) is 3.29. The minimum absolute atomic E-state index is 0.127. The zero-order valence-corrected chi connectivity index (χ0v) is 10.9. The zero-order valence-electron chi connectivity index (χ0n) is 10.9. The molecule has 98 valence electrons. The van der Waals surface area contributed by atoms with Gasteiger partial charge >= 0.3 is 0 Å². The summed E-state index contributed by atoms with van der Waals surface area (Å²) in [6.45, 7) is 4.08. The van der Waals surface area contributed by atoms with Crippen molar-refractivity contribution in [2.45, 2.75) is 32.6 Å². The smallest absolute Gasteiger partial charge is 0.166 e. The van der Waals surface area contributed by atoms with Crippen LogP contribution in [0, 0.1) is 12.8 Å². The topological polar surface area (TPSA) is 68.0 Å². The summed E-state index contributed by atoms with van der Waals surface area (Å²) in [5.41, 5.74) is 7.33. The van der Waals surface area contributed by atoms with Crippen molar-refractivity contribution in [1.82, 2.24) is 10.3 Å². The molecule has 2 heterocycles. The molecule has 3 N–H and O–H groups in total. The number of rotatable bonds is 4. The van der Waals surface area contributed by atoms with Gasteiger partial charge in [-0.1, -0.05) is 0 Å². The minimum Gasteiger partial charge on any atom is -0.383 e. The molecule has 1 aromatic rings. The van der Waals surface area contributed by atoms with Crippen LogP contribution in [0.3, 0.4) is 0 Å². The number of hydrogen-bond acceptors (Lipinski definition) is 4. The number of hydrogen-bond donors (Lipinski definition) is 2. The average molecular weight is 247 g/mol. The molecule has 0 bridgehead atoms. The third-order valence-corrected chi connectivity index (χ3v) is 3.59. The molecule has 0 aromatic carbocycles. The van der Waals surface area contributed by atoms with E-state index < -0.39 is 0 Å². The van der Waals surface area contributed by atoms with Gasteiger partial charge in [-0.15, -0.1) is 0 Å². The quantitative estimate of drug-likeness (QED) is 0.798. The SMILES string of the molecule is Cc1cnc(N)c(C(=O)CCC2CCNCC2)c1. The van der Waals surface area contributed by atoms with Crippen LogP contribution in [0.25, 0.3) is 0 Å². The molecule has 4 heteroatoms. The fourth-order valence-electron chi connectivity index (χ4n) is 2.44. The van der Waals surface area contributed by atoms with Gasteiger partial charge in [-0.2, -0.15) is 0 Å². The van der Waals surface area contributed by atoms with Crippen molar-refractivity contribution in [2.24, 2.45) is 5.92 Å². The zero-order chi connectivity index (χ0) is 13.0. The number of nitrogens with two attached hydrogens (primary N) is 1. The maximum atomic E-state index is 12.1. The van der Waals surface area contributed by atoms with Gasteiger partial charge in [0, 0.05) is 12.6 Å². The maximum absolute atomic E-state index is 12.1. The van der Waals surface area contributed by atoms with E-state index in [2.05, 4.69) is 10.3 Å². The second-order valence-corrected chi connectivity index (χ2v) is 5.10. The first-order valence-corrected chi connectivity index (χ1v) is 6.63. The highest BCUT2D eigenvalue weighted by Crippen LogP contribution is 2.20. The van der Waals surface area contributed by atoms with Gasteiger partial charge in [0.15, 0.2) is 5.78 Å². The Bertz CT molecular complexity index is 425. The maximum Gasteiger partial charge on any atom is 0.166 e. The van der Waals surface area contributed by atoms with E-state index >= 15 is 0 Å². The molecule has 0 aliphatic carbocycles. The number of aromatic nitrogens is 1. The van der Waals surface area contributed by atoms with Gasteiger partial charge in [0.05, 0.1) is 5.56 Å². The number of pyridine rings is 1. The van der Waals surface area contributed by atoms with Crippen LogP contribution in [-0.4, -0.2) is 23.9 Å². The molecule has 0 spiro atoms. The molecule has 1 aliphatic heterocycles. The highest BCUT2D eigenvalue weighted by Gasteiger charge is 2.16. The van der Waals surface area contributed by atoms with Crippen LogP contribution in [0.1, 0.15) is 41.6 Å². The molecule has 1 saturated heterocycles. The van der Waals surface area contributed by atoms with E-state index in [0.717, 1.165) is 25.1 Å². The molecule has 0 amide bonds. The first-order chi connectivity index (χ1) is 8.66. The number of ketones is 1. The lowest BCUT2D eigenvalue weighted by molar-refractivity contribution is 0.0971. The van der Waals surface area contributed by atoms with Gasteiger partial charge in [0.2, 0.25) is 0 Å². The van der Waals surface area contributed by atoms with E-state index in [1.165, 1.54) is 12.8 Å². The van der Waals surface area contributed by atoms with Crippen LogP contribution in [0.4, 0.5) is 5.82 Å². The third-order valence-electron chi connectivity index (χ3n) is 3.59. The average Bonchev–Trinajstić information content (AvgIpc) is 2.40. The Morgan fingerprint density at radius 2 is 2.22 bits per heavy atom. The summed E-state index contributed by atoms with van der Waals surface area (Å²) in [6.07, 6.45) is 5.59. The normalized spacial score (nSPS) is 16.7. The lowest BCUT2D eigenvalue weighted by atomic mass is 9.91. The molecule has 0 unspecified atom stereocenters. The van der Waals surface area contributed by atoms with Crippen LogP contribution < -0.4 is 11.1 Å². The lowest BCUT2D eigenvalue weighted by Gasteiger charge is -2.22. The van der Waals surface area contributed by atoms with E-state index in [4.69, 9.17) is 5.73 Å². The summed E-state index contributed by atoms with van der Waals surface area (Å²) in [7, 11) is 0. The predicted octanol–water partition coefficient (Wildman–Crippen LogP) is 1.93. The predicted molar refractivity (Wildman–Crippen MR) is 72.5 cm³/mol. The summed E-state index contributed by atoms with van der Waals surface area (Å²) in [6, 6.07) is 1.84. The molecule has 0 radical (unpaired) electrons. The molecule has 0 saturated carbocycles. The second kappa shape index (κ2) is 5.96. The standard InChI is InChI=1S/C14H21N3O/c1-10-8-12(14(15)17-9-10)13(18)3-2-11-4-6-16-7-5-11/h8-9,11,16H,2-7H2,1H3,(H2,15,17). The first kappa shape index (κ1) is 13.0. The van der Waals surface area contributed by atoms with Gasteiger partial charge in [0.25, 0.3) is 0 Å². The molecular weight excluding hydrogens is 226 g/mol. The van der Waals surface area contributed by atoms with Gasteiger partial charge in [0.1, 0.15) is 5.82 Å². The summed E-state index contributed by atoms with van der Waals surface area (Å²) in [5.74, 6) is 1.16. The molecular formula is C14H21N3O. The van der Waals surface area contributed by atoms with E-state index in [1.54, 1.807) is 6.20 Å². The van der Waals surface area contributed by atoms with Gasteiger partial charge < -0.3 is 11.1 Å². The number of nitrogen functional groups attached to an aromatic ring is 1. The summed E-state index contributed by atoms with van der Waals surface area (Å²) in [5, 5.41) is 3.34. The number of carbonyl (C=O) groups excluding carboxylic acids is 1. The van der Waals surface area contributed by atoms with Crippen molar-refractivity contribution in [1.29, 1.82) is 0 Å². The molecule has 18 heavy (non-hydrogen) atoms. The Kier molecular flexibility index (Phi) is 4.31. The molecule has 1 aliphatic rings. The summed E-state index contributed by atoms with van der Waals surface area (Å²) >= 11 is 0. The van der Waals surface area contributed by atoms with E-state index in [9.17, 15) is 4.79 Å². The summed E-state index contributed by atoms with van der Waals surface area (Å²) in [4.78, 5) is 16.2. The van der Waals surface area contributed by atoms with Crippen molar-refractivity contribution < 1.29 is 4.79 Å². The Morgan fingerprint density at radius 1 is 1.50 bits per heavy atom. The molecule has 2 rings (SSSR count). The van der Waals surface area contributed by atoms with Crippen molar-refractivity contribution >= 4 is 11.6 Å². The van der Waals surface area contributed by atoms with Crippen LogP contribution in [0.2, 0.25) is 0 Å². The first-order valence-electron chi connectivity index (χ1n) is 6.63. The van der Waals surface area contributed by atoms with E-state index in [0.29, 0.717) is 23.7 Å². The number of anilines is 1. The van der Waals surface area contributed by atoms with E-state index in [-0.39, 0.29) is 5.78 Å². The Balaban J connectivity index is 1.92. The number of nitrogens with one attached hydrogen (secondary N) is 1. The van der Waals surface area contributed by atoms with Gasteiger partial charge in [-0.05, 0) is 56.8 Å². The highest BCUT2D eigenvalue weighted by molar-refractivity contribution is 6.00. The fourth-order valence-corrected chi connectivity index (χ4v) is 2.44. The van der Waals surface area contributed by atoms with Gasteiger partial charge in [-0.3, -0.25) is 4.79 Å². The van der Waals surface area contributed by atoms with Crippen molar-refractivity contribution in [3.63, 3.8) is 0 Å². The number of carbonyl (C=O) groups is 1. The minimum atomic E-state index is 0.127. The number of aryl methyl sites for hydroxylation is 1. The van der Waals surface area contributed by atoms with E-state index in [1.807, 2.05) is 13.0 Å². The fraction of sp³-hybridized carbons (Fsp3) is 0.571. The Morgan fingerprint density at radius 3 is 2.94 bits per heavy atom. The van der Waals surface area contributed by atoms with Crippen LogP contribution in [0.15, 0.2) is 12.3 Å². The second-order valence-electron chi connectivity index (χ2n) is 5.10. The van der Waals surface area contributed by atoms with Crippen LogP contribution in [0.5, 0.6) is 0 Å². The lowest BCUT2D eigenvalue weighted by Crippen LogP contribution is -2.28. The van der Waals surface area contributed by atoms with Crippen LogP contribution >= 0.6 is 0 Å². The Hall–Kier alpha value is -1.42. The van der Waals surface area contributed by atoms with Crippen molar-refractivity contribution in [3.05, 3.63) is 23.4 Å². The number of Topliss-reactive ketones (excluding diaryl/α,β-unsaturated/α-hetero) is 1. The largest absolute Gasteiger partial charge is 0.383 e. The number of piperidine rings is 1. The molecule has 4 nitrogen and oxygen atoms in total. The number of nitrogens with zero attached hydrogens (tertiary/aromatic N) is 1. The molecule has 1 fully saturated rings. The van der Waals surface area contributed by atoms with Crippen LogP contribution in [-0.2, 0) is 0 Å². The molecule has 0 atom stereocenters. The van der Waals surface area contributed by atoms with Gasteiger partial charge in [-0.25, -0.2) is 4.98 Å². The highest BCUT2D eigenvalue weighted by atomic mass is 16.1.